The fourth-order valence-electron chi connectivity index (χ4n) is 3.17. The van der Waals surface area contributed by atoms with Crippen LogP contribution in [0.4, 0.5) is 4.39 Å². The van der Waals surface area contributed by atoms with Gasteiger partial charge in [-0.1, -0.05) is 19.1 Å². The van der Waals surface area contributed by atoms with Crippen molar-refractivity contribution >= 4 is 16.9 Å². The molecule has 3 aromatic rings. The number of hydrogen-bond donors (Lipinski definition) is 1. The monoisotopic (exact) mass is 414 g/mol. The Kier molecular flexibility index (Phi) is 6.29. The molecular weight excluding hydrogens is 391 g/mol. The van der Waals surface area contributed by atoms with E-state index < -0.39 is 23.7 Å². The van der Waals surface area contributed by atoms with Gasteiger partial charge in [-0.15, -0.1) is 0 Å². The SMILES string of the molecule is CCOc1c(CC)cnc2c1c(=O)n(CC(=O)NCc1ccc(F)cc1)c(=O)n2C. The number of benzene rings is 1. The second-order valence-corrected chi connectivity index (χ2v) is 6.73. The highest BCUT2D eigenvalue weighted by atomic mass is 19.1. The number of nitrogens with zero attached hydrogens (tertiary/aromatic N) is 3. The zero-order chi connectivity index (χ0) is 21.8. The maximum Gasteiger partial charge on any atom is 0.332 e. The maximum absolute atomic E-state index is 13.1. The van der Waals surface area contributed by atoms with E-state index in [9.17, 15) is 18.8 Å². The van der Waals surface area contributed by atoms with Gasteiger partial charge in [0.15, 0.2) is 5.65 Å². The van der Waals surface area contributed by atoms with E-state index in [0.29, 0.717) is 24.3 Å². The summed E-state index contributed by atoms with van der Waals surface area (Å²) in [7, 11) is 1.49. The molecule has 0 saturated heterocycles. The number of pyridine rings is 1. The average molecular weight is 414 g/mol. The number of ether oxygens (including phenoxy) is 1. The summed E-state index contributed by atoms with van der Waals surface area (Å²) >= 11 is 0. The smallest absolute Gasteiger partial charge is 0.332 e. The largest absolute Gasteiger partial charge is 0.493 e. The van der Waals surface area contributed by atoms with Gasteiger partial charge in [0, 0.05) is 25.4 Å². The van der Waals surface area contributed by atoms with Crippen molar-refractivity contribution in [3.8, 4) is 5.75 Å². The minimum Gasteiger partial charge on any atom is -0.493 e. The van der Waals surface area contributed by atoms with Gasteiger partial charge in [0.1, 0.15) is 23.5 Å². The lowest BCUT2D eigenvalue weighted by atomic mass is 10.1. The van der Waals surface area contributed by atoms with Crippen LogP contribution in [0.2, 0.25) is 0 Å². The van der Waals surface area contributed by atoms with Crippen molar-refractivity contribution in [1.82, 2.24) is 19.4 Å². The van der Waals surface area contributed by atoms with Crippen molar-refractivity contribution in [3.63, 3.8) is 0 Å². The van der Waals surface area contributed by atoms with E-state index in [-0.39, 0.29) is 23.4 Å². The van der Waals surface area contributed by atoms with Crippen LogP contribution < -0.4 is 21.3 Å². The highest BCUT2D eigenvalue weighted by Crippen LogP contribution is 2.25. The van der Waals surface area contributed by atoms with Crippen LogP contribution in [0.15, 0.2) is 40.1 Å². The third-order valence-corrected chi connectivity index (χ3v) is 4.75. The predicted octanol–water partition coefficient (Wildman–Crippen LogP) is 1.51. The Bertz CT molecular complexity index is 1200. The van der Waals surface area contributed by atoms with Crippen LogP contribution in [-0.2, 0) is 31.4 Å². The standard InChI is InChI=1S/C21H23FN4O4/c1-4-14-11-24-19-17(18(14)30-5-2)20(28)26(21(29)25(19)3)12-16(27)23-10-13-6-8-15(22)9-7-13/h6-9,11H,4-5,10,12H2,1-3H3,(H,23,27). The topological polar surface area (TPSA) is 95.2 Å². The molecule has 2 heterocycles. The van der Waals surface area contributed by atoms with E-state index in [1.807, 2.05) is 6.92 Å². The predicted molar refractivity (Wildman–Crippen MR) is 110 cm³/mol. The van der Waals surface area contributed by atoms with Crippen molar-refractivity contribution in [2.24, 2.45) is 7.05 Å². The molecule has 158 valence electrons. The number of rotatable bonds is 7. The summed E-state index contributed by atoms with van der Waals surface area (Å²) in [4.78, 5) is 42.5. The van der Waals surface area contributed by atoms with Gasteiger partial charge < -0.3 is 10.1 Å². The Morgan fingerprint density at radius 2 is 1.90 bits per heavy atom. The minimum absolute atomic E-state index is 0.146. The van der Waals surface area contributed by atoms with Gasteiger partial charge in [0.05, 0.1) is 6.61 Å². The first-order chi connectivity index (χ1) is 14.4. The summed E-state index contributed by atoms with van der Waals surface area (Å²) in [6.07, 6.45) is 2.19. The van der Waals surface area contributed by atoms with Crippen molar-refractivity contribution in [2.75, 3.05) is 6.61 Å². The average Bonchev–Trinajstić information content (AvgIpc) is 2.74. The summed E-state index contributed by atoms with van der Waals surface area (Å²) in [5.41, 5.74) is 0.361. The number of aryl methyl sites for hydroxylation is 2. The first-order valence-electron chi connectivity index (χ1n) is 9.62. The summed E-state index contributed by atoms with van der Waals surface area (Å²) in [6.45, 7) is 3.74. The fourth-order valence-corrected chi connectivity index (χ4v) is 3.17. The van der Waals surface area contributed by atoms with Gasteiger partial charge in [-0.2, -0.15) is 0 Å². The first kappa shape index (κ1) is 21.2. The molecule has 0 aliphatic rings. The Labute approximate surface area is 171 Å². The van der Waals surface area contributed by atoms with Crippen molar-refractivity contribution < 1.29 is 13.9 Å². The van der Waals surface area contributed by atoms with Crippen LogP contribution in [0.1, 0.15) is 25.0 Å². The number of nitrogens with one attached hydrogen (secondary N) is 1. The molecule has 0 aliphatic carbocycles. The number of amides is 1. The van der Waals surface area contributed by atoms with E-state index in [2.05, 4.69) is 10.3 Å². The van der Waals surface area contributed by atoms with E-state index in [0.717, 1.165) is 10.1 Å². The molecule has 1 amide bonds. The Hall–Kier alpha value is -3.49. The molecule has 0 bridgehead atoms. The number of fused-ring (bicyclic) bond motifs is 1. The van der Waals surface area contributed by atoms with E-state index >= 15 is 0 Å². The van der Waals surface area contributed by atoms with E-state index in [1.54, 1.807) is 25.3 Å². The summed E-state index contributed by atoms with van der Waals surface area (Å²) in [5, 5.41) is 2.81. The number of carbonyl (C=O) groups excluding carboxylic acids is 1. The summed E-state index contributed by atoms with van der Waals surface area (Å²) in [6, 6.07) is 5.67. The molecule has 0 radical (unpaired) electrons. The molecule has 3 rings (SSSR count). The zero-order valence-electron chi connectivity index (χ0n) is 17.1. The van der Waals surface area contributed by atoms with Gasteiger partial charge in [-0.25, -0.2) is 18.7 Å². The molecule has 1 N–H and O–H groups in total. The van der Waals surface area contributed by atoms with Crippen molar-refractivity contribution in [3.05, 3.63) is 68.2 Å². The molecule has 30 heavy (non-hydrogen) atoms. The Balaban J connectivity index is 1.97. The molecule has 1 aromatic carbocycles. The van der Waals surface area contributed by atoms with Gasteiger partial charge in [0.2, 0.25) is 5.91 Å². The number of hydrogen-bond acceptors (Lipinski definition) is 5. The Morgan fingerprint density at radius 1 is 1.20 bits per heavy atom. The van der Waals surface area contributed by atoms with Gasteiger partial charge >= 0.3 is 5.69 Å². The number of aromatic nitrogens is 3. The van der Waals surface area contributed by atoms with E-state index in [1.165, 1.54) is 23.7 Å². The number of halogens is 1. The van der Waals surface area contributed by atoms with Crippen LogP contribution in [0.25, 0.3) is 11.0 Å². The van der Waals surface area contributed by atoms with Gasteiger partial charge in [-0.3, -0.25) is 14.2 Å². The quantitative estimate of drug-likeness (QED) is 0.632. The second-order valence-electron chi connectivity index (χ2n) is 6.73. The zero-order valence-corrected chi connectivity index (χ0v) is 17.1. The lowest BCUT2D eigenvalue weighted by molar-refractivity contribution is -0.121. The van der Waals surface area contributed by atoms with Crippen LogP contribution in [0, 0.1) is 5.82 Å². The highest BCUT2D eigenvalue weighted by Gasteiger charge is 2.20. The first-order valence-corrected chi connectivity index (χ1v) is 9.62. The van der Waals surface area contributed by atoms with Crippen molar-refractivity contribution in [2.45, 2.75) is 33.4 Å². The molecule has 0 aliphatic heterocycles. The maximum atomic E-state index is 13.1. The molecule has 0 fully saturated rings. The van der Waals surface area contributed by atoms with Crippen molar-refractivity contribution in [1.29, 1.82) is 0 Å². The summed E-state index contributed by atoms with van der Waals surface area (Å²) < 4.78 is 20.8. The van der Waals surface area contributed by atoms with Gasteiger partial charge in [-0.05, 0) is 31.0 Å². The molecule has 0 spiro atoms. The van der Waals surface area contributed by atoms with Crippen LogP contribution in [0.5, 0.6) is 5.75 Å². The highest BCUT2D eigenvalue weighted by molar-refractivity contribution is 5.83. The Morgan fingerprint density at radius 3 is 2.53 bits per heavy atom. The third kappa shape index (κ3) is 4.10. The molecule has 0 unspecified atom stereocenters. The van der Waals surface area contributed by atoms with Gasteiger partial charge in [0.25, 0.3) is 5.56 Å². The molecule has 2 aromatic heterocycles. The fraction of sp³-hybridized carbons (Fsp3) is 0.333. The van der Waals surface area contributed by atoms with Crippen LogP contribution in [0.3, 0.4) is 0 Å². The molecule has 0 saturated carbocycles. The van der Waals surface area contributed by atoms with Crippen LogP contribution >= 0.6 is 0 Å². The lowest BCUT2D eigenvalue weighted by Crippen LogP contribution is -2.43. The summed E-state index contributed by atoms with van der Waals surface area (Å²) in [5.74, 6) is -0.511. The number of carbonyl (C=O) groups is 1. The molecule has 9 heteroatoms. The normalized spacial score (nSPS) is 10.9. The molecule has 0 atom stereocenters. The second kappa shape index (κ2) is 8.89. The minimum atomic E-state index is -0.649. The third-order valence-electron chi connectivity index (χ3n) is 4.75. The lowest BCUT2D eigenvalue weighted by Gasteiger charge is -2.15. The van der Waals surface area contributed by atoms with Crippen LogP contribution in [-0.4, -0.2) is 26.6 Å². The molecular formula is C21H23FN4O4. The molecule has 8 nitrogen and oxygen atoms in total. The van der Waals surface area contributed by atoms with E-state index in [4.69, 9.17) is 4.74 Å².